The fourth-order valence-corrected chi connectivity index (χ4v) is 5.22. The molecule has 0 unspecified atom stereocenters. The number of nitrogens with one attached hydrogen (secondary N) is 1. The van der Waals surface area contributed by atoms with Crippen LogP contribution in [0.4, 0.5) is 0 Å². The second-order valence-corrected chi connectivity index (χ2v) is 10.1. The number of fused-ring (bicyclic) bond motifs is 2. The molecule has 10 heteroatoms. The Morgan fingerprint density at radius 1 is 1.35 bits per heavy atom. The second kappa shape index (κ2) is 7.10. The fraction of sp³-hybridized carbons (Fsp3) is 0.524. The van der Waals surface area contributed by atoms with Crippen LogP contribution in [0.2, 0.25) is 0 Å². The zero-order valence-electron chi connectivity index (χ0n) is 19.4. The Morgan fingerprint density at radius 2 is 2.10 bits per heavy atom. The van der Waals surface area contributed by atoms with Crippen molar-refractivity contribution in [3.05, 3.63) is 30.0 Å². The maximum Gasteiger partial charge on any atom is 0.269 e. The van der Waals surface area contributed by atoms with E-state index < -0.39 is 41.0 Å². The highest BCUT2D eigenvalue weighted by atomic mass is 35.5. The Bertz CT molecular complexity index is 1200. The zero-order valence-corrected chi connectivity index (χ0v) is 17.9. The topological polar surface area (TPSA) is 110 Å². The first-order valence-electron chi connectivity index (χ1n) is 11.6. The smallest absolute Gasteiger partial charge is 0.269 e. The van der Waals surface area contributed by atoms with Gasteiger partial charge in [0.05, 0.1) is 5.52 Å². The molecule has 2 saturated carbocycles. The Kier molecular flexibility index (Phi) is 3.95. The van der Waals surface area contributed by atoms with Crippen LogP contribution < -0.4 is 11.1 Å². The van der Waals surface area contributed by atoms with Gasteiger partial charge in [-0.2, -0.15) is 5.10 Å². The van der Waals surface area contributed by atoms with Crippen molar-refractivity contribution >= 4 is 51.8 Å². The molecule has 0 bridgehead atoms. The molecule has 2 heterocycles. The van der Waals surface area contributed by atoms with Gasteiger partial charge in [-0.05, 0) is 38.1 Å². The molecule has 0 spiro atoms. The Balaban J connectivity index is 1.36. The van der Waals surface area contributed by atoms with Gasteiger partial charge in [0.2, 0.25) is 11.8 Å². The van der Waals surface area contributed by atoms with Gasteiger partial charge in [-0.3, -0.25) is 19.1 Å². The fourth-order valence-electron chi connectivity index (χ4n) is 4.63. The zero-order chi connectivity index (χ0) is 24.6. The SMILES string of the molecule is [2H]C([2H])([2H])[C@@H](NC(=O)[C@@H]1C[C@H]2C[C@H]2N1C(=O)Cn1nc(C(N)=O)c2ccccc21)[C@H]1CC1(Cl)Cl. The van der Waals surface area contributed by atoms with Gasteiger partial charge in [-0.15, -0.1) is 23.2 Å². The van der Waals surface area contributed by atoms with Crippen molar-refractivity contribution < 1.29 is 18.5 Å². The number of halogens is 2. The average molecular weight is 467 g/mol. The minimum Gasteiger partial charge on any atom is -0.364 e. The van der Waals surface area contributed by atoms with Crippen LogP contribution in [0.15, 0.2) is 24.3 Å². The molecular formula is C21H23Cl2N5O3. The summed E-state index contributed by atoms with van der Waals surface area (Å²) in [4.78, 5) is 39.8. The highest BCUT2D eigenvalue weighted by Gasteiger charge is 2.58. The van der Waals surface area contributed by atoms with Crippen molar-refractivity contribution in [2.24, 2.45) is 17.6 Å². The molecule has 3 fully saturated rings. The molecule has 2 aromatic rings. The van der Waals surface area contributed by atoms with E-state index in [4.69, 9.17) is 33.0 Å². The summed E-state index contributed by atoms with van der Waals surface area (Å²) in [5, 5.41) is 7.37. The van der Waals surface area contributed by atoms with E-state index in [-0.39, 0.29) is 36.5 Å². The lowest BCUT2D eigenvalue weighted by atomic mass is 10.1. The number of primary amides is 1. The molecular weight excluding hydrogens is 441 g/mol. The molecule has 3 N–H and O–H groups in total. The van der Waals surface area contributed by atoms with E-state index in [0.717, 1.165) is 6.42 Å². The molecule has 5 rings (SSSR count). The standard InChI is InChI=1S/C21H23Cl2N5O3/c1-10(13-8-21(13,22)23)25-20(31)16-7-11-6-15(11)28(16)17(29)9-27-14-5-3-2-4-12(14)18(26-27)19(24)30/h2-5,10-11,13,15-16H,6-9H2,1H3,(H2,24,30)(H,25,31)/t10-,11-,13-,15-,16+/m1/s1/i1D3. The van der Waals surface area contributed by atoms with Gasteiger partial charge in [0, 0.05) is 27.5 Å². The Morgan fingerprint density at radius 3 is 2.77 bits per heavy atom. The summed E-state index contributed by atoms with van der Waals surface area (Å²) in [6.07, 6.45) is 1.52. The third kappa shape index (κ3) is 3.55. The third-order valence-corrected chi connectivity index (χ3v) is 7.32. The summed E-state index contributed by atoms with van der Waals surface area (Å²) in [7, 11) is 0. The molecule has 1 aliphatic heterocycles. The second-order valence-electron chi connectivity index (χ2n) is 8.56. The van der Waals surface area contributed by atoms with E-state index >= 15 is 0 Å². The Hall–Kier alpha value is -2.32. The van der Waals surface area contributed by atoms with Crippen LogP contribution in [0, 0.1) is 11.8 Å². The quantitative estimate of drug-likeness (QED) is 0.632. The summed E-state index contributed by atoms with van der Waals surface area (Å²) in [6.45, 7) is -2.67. The first kappa shape index (κ1) is 17.3. The average Bonchev–Trinajstić information content (AvgIpc) is 3.54. The number of hydrogen-bond acceptors (Lipinski definition) is 4. The summed E-state index contributed by atoms with van der Waals surface area (Å²) < 4.78 is 23.7. The molecule has 1 saturated heterocycles. The molecule has 5 atom stereocenters. The molecule has 1 aromatic carbocycles. The number of likely N-dealkylation sites (tertiary alicyclic amines) is 1. The van der Waals surface area contributed by atoms with Crippen LogP contribution in [-0.2, 0) is 16.1 Å². The van der Waals surface area contributed by atoms with Gasteiger partial charge < -0.3 is 16.0 Å². The summed E-state index contributed by atoms with van der Waals surface area (Å²) in [5.74, 6) is -1.96. The monoisotopic (exact) mass is 466 g/mol. The van der Waals surface area contributed by atoms with Gasteiger partial charge in [-0.1, -0.05) is 18.2 Å². The van der Waals surface area contributed by atoms with Crippen molar-refractivity contribution in [3.8, 4) is 0 Å². The lowest BCUT2D eigenvalue weighted by Gasteiger charge is -2.28. The van der Waals surface area contributed by atoms with Gasteiger partial charge in [0.25, 0.3) is 5.91 Å². The molecule has 1 aromatic heterocycles. The van der Waals surface area contributed by atoms with Gasteiger partial charge >= 0.3 is 0 Å². The summed E-state index contributed by atoms with van der Waals surface area (Å²) >= 11 is 12.2. The number of benzene rings is 1. The first-order valence-corrected chi connectivity index (χ1v) is 10.9. The number of alkyl halides is 2. The number of rotatable bonds is 6. The van der Waals surface area contributed by atoms with Gasteiger partial charge in [0.15, 0.2) is 5.69 Å². The largest absolute Gasteiger partial charge is 0.364 e. The van der Waals surface area contributed by atoms with Crippen LogP contribution in [0.5, 0.6) is 0 Å². The Labute approximate surface area is 193 Å². The first-order chi connectivity index (χ1) is 15.9. The lowest BCUT2D eigenvalue weighted by molar-refractivity contribution is -0.140. The summed E-state index contributed by atoms with van der Waals surface area (Å²) in [6, 6.07) is 4.88. The van der Waals surface area contributed by atoms with Crippen molar-refractivity contribution in [1.29, 1.82) is 0 Å². The number of carbonyl (C=O) groups excluding carboxylic acids is 3. The van der Waals surface area contributed by atoms with Gasteiger partial charge in [0.1, 0.15) is 16.9 Å². The van der Waals surface area contributed by atoms with E-state index in [1.54, 1.807) is 24.3 Å². The molecule has 8 nitrogen and oxygen atoms in total. The number of hydrogen-bond donors (Lipinski definition) is 2. The van der Waals surface area contributed by atoms with Crippen molar-refractivity contribution in [3.63, 3.8) is 0 Å². The van der Waals surface area contributed by atoms with Crippen LogP contribution in [0.25, 0.3) is 10.9 Å². The molecule has 0 radical (unpaired) electrons. The predicted octanol–water partition coefficient (Wildman–Crippen LogP) is 1.82. The molecule has 3 aliphatic rings. The highest BCUT2D eigenvalue weighted by molar-refractivity contribution is 6.50. The predicted molar refractivity (Wildman–Crippen MR) is 116 cm³/mol. The number of para-hydroxylation sites is 1. The molecule has 2 aliphatic carbocycles. The summed E-state index contributed by atoms with van der Waals surface area (Å²) in [5.41, 5.74) is 6.09. The number of nitrogens with two attached hydrogens (primary N) is 1. The normalized spacial score (nSPS) is 30.6. The minimum absolute atomic E-state index is 0.0685. The van der Waals surface area contributed by atoms with Gasteiger partial charge in [-0.25, -0.2) is 0 Å². The van der Waals surface area contributed by atoms with E-state index in [9.17, 15) is 14.4 Å². The highest BCUT2D eigenvalue weighted by Crippen LogP contribution is 2.55. The molecule has 164 valence electrons. The van der Waals surface area contributed by atoms with E-state index in [0.29, 0.717) is 17.3 Å². The van der Waals surface area contributed by atoms with Crippen LogP contribution in [-0.4, -0.2) is 54.9 Å². The van der Waals surface area contributed by atoms with Crippen LogP contribution in [0.1, 0.15) is 40.7 Å². The maximum absolute atomic E-state index is 13.3. The number of amides is 3. The maximum atomic E-state index is 13.3. The van der Waals surface area contributed by atoms with E-state index in [1.165, 1.54) is 9.58 Å². The van der Waals surface area contributed by atoms with Crippen LogP contribution in [0.3, 0.4) is 0 Å². The van der Waals surface area contributed by atoms with E-state index in [1.807, 2.05) is 0 Å². The number of aromatic nitrogens is 2. The molecule has 3 amide bonds. The number of carbonyl (C=O) groups is 3. The van der Waals surface area contributed by atoms with Crippen LogP contribution >= 0.6 is 23.2 Å². The third-order valence-electron chi connectivity index (χ3n) is 6.45. The van der Waals surface area contributed by atoms with Crippen molar-refractivity contribution in [1.82, 2.24) is 20.0 Å². The lowest BCUT2D eigenvalue weighted by Crippen LogP contribution is -2.51. The molecule has 31 heavy (non-hydrogen) atoms. The van der Waals surface area contributed by atoms with Crippen molar-refractivity contribution in [2.75, 3.05) is 0 Å². The minimum atomic E-state index is -2.48. The van der Waals surface area contributed by atoms with E-state index in [2.05, 4.69) is 10.4 Å². The number of nitrogens with zero attached hydrogens (tertiary/aromatic N) is 3. The van der Waals surface area contributed by atoms with Crippen molar-refractivity contribution in [2.45, 2.75) is 55.1 Å². The number of piperidine rings is 1.